The molecule has 0 unspecified atom stereocenters. The first-order valence-electron chi connectivity index (χ1n) is 25.8. The summed E-state index contributed by atoms with van der Waals surface area (Å²) in [4.78, 5) is 24.2. The van der Waals surface area contributed by atoms with E-state index in [0.717, 1.165) is 0 Å². The predicted molar refractivity (Wildman–Crippen MR) is 306 cm³/mol. The van der Waals surface area contributed by atoms with Gasteiger partial charge >= 0.3 is 0 Å². The van der Waals surface area contributed by atoms with E-state index < -0.39 is 0 Å². The van der Waals surface area contributed by atoms with E-state index in [4.69, 9.17) is 0 Å². The van der Waals surface area contributed by atoms with Crippen LogP contribution in [0, 0.1) is 0 Å². The Hall–Kier alpha value is -9.50. The van der Waals surface area contributed by atoms with Crippen LogP contribution in [-0.2, 0) is 5.41 Å². The van der Waals surface area contributed by atoms with Gasteiger partial charge < -0.3 is 0 Å². The SMILES string of the molecule is O=C1c2ccccc2C(=O)c2ccccc21.c1ccc(C2(c3ccccc3)c3ccccc3-c3ccccc32)cc1.c1ccc2c(c1)C1c3ccccc3C2c2ccccc21.c1ccc2cc3ccccc3cc2c1. The number of ketones is 2. The van der Waals surface area contributed by atoms with Crippen LogP contribution in [0.5, 0.6) is 0 Å². The summed E-state index contributed by atoms with van der Waals surface area (Å²) < 4.78 is 0. The maximum Gasteiger partial charge on any atom is 0.194 e. The van der Waals surface area contributed by atoms with Crippen LogP contribution in [-0.4, -0.2) is 11.6 Å². The average Bonchev–Trinajstić information content (AvgIpc) is 3.82. The van der Waals surface area contributed by atoms with Crippen molar-refractivity contribution in [1.82, 2.24) is 0 Å². The molecule has 5 aliphatic rings. The van der Waals surface area contributed by atoms with E-state index in [2.05, 4.69) is 243 Å². The van der Waals surface area contributed by atoms with Gasteiger partial charge in [0.2, 0.25) is 0 Å². The lowest BCUT2D eigenvalue weighted by Gasteiger charge is -2.42. The number of benzene rings is 12. The monoisotopic (exact) mass is 958 g/mol. The molecule has 0 heterocycles. The standard InChI is InChI=1S/C25H18.C20H14.C14H8O2.C14H10/c1-3-11-19(12-4-1)25(20-13-5-2-6-14-20)23-17-9-7-15-21(23)22-16-8-10-18-24(22)25;1-2-8-14-13(7-1)19-15-9-3-5-11-17(15)20(14)18-12-6-4-10-16(18)19;15-13-9-5-1-2-6-10(9)14(16)12-8-4-3-7-11(12)13;1-2-6-12-10-14-8-4-3-7-13(14)9-11(12)5-1/h1-18H;1-12,19-20H;1-8H;1-10H. The summed E-state index contributed by atoms with van der Waals surface area (Å²) >= 11 is 0. The molecule has 75 heavy (non-hydrogen) atoms. The summed E-state index contributed by atoms with van der Waals surface area (Å²) in [6, 6.07) is 102. The van der Waals surface area contributed by atoms with Gasteiger partial charge in [-0.3, -0.25) is 9.59 Å². The minimum atomic E-state index is -0.254. The number of hydrogen-bond donors (Lipinski definition) is 0. The topological polar surface area (TPSA) is 34.1 Å². The molecule has 0 aliphatic heterocycles. The van der Waals surface area contributed by atoms with Gasteiger partial charge in [-0.25, -0.2) is 0 Å². The fourth-order valence-electron chi connectivity index (χ4n) is 12.4. The van der Waals surface area contributed by atoms with Crippen molar-refractivity contribution in [3.8, 4) is 11.1 Å². The molecular formula is C73H50O2. The molecule has 12 aromatic carbocycles. The lowest BCUT2D eigenvalue weighted by molar-refractivity contribution is 0.0979. The van der Waals surface area contributed by atoms with Crippen LogP contribution in [0.2, 0.25) is 0 Å². The molecule has 0 radical (unpaired) electrons. The summed E-state index contributed by atoms with van der Waals surface area (Å²) in [6.45, 7) is 0. The Morgan fingerprint density at radius 1 is 0.227 bits per heavy atom. The van der Waals surface area contributed by atoms with E-state index in [9.17, 15) is 9.59 Å². The predicted octanol–water partition coefficient (Wildman–Crippen LogP) is 17.2. The van der Waals surface area contributed by atoms with Crippen LogP contribution in [0.1, 0.15) is 99.3 Å². The minimum Gasteiger partial charge on any atom is -0.289 e. The number of carbonyl (C=O) groups excluding carboxylic acids is 2. The van der Waals surface area contributed by atoms with Crippen LogP contribution in [0.15, 0.2) is 291 Å². The molecule has 0 aromatic heterocycles. The van der Waals surface area contributed by atoms with Crippen molar-refractivity contribution in [1.29, 1.82) is 0 Å². The lowest BCUT2D eigenvalue weighted by atomic mass is 9.61. The minimum absolute atomic E-state index is 0.0641. The molecule has 354 valence electrons. The largest absolute Gasteiger partial charge is 0.289 e. The Kier molecular flexibility index (Phi) is 11.6. The molecule has 0 amide bonds. The molecule has 0 N–H and O–H groups in total. The first kappa shape index (κ1) is 45.4. The van der Waals surface area contributed by atoms with Crippen molar-refractivity contribution in [2.24, 2.45) is 0 Å². The molecule has 0 saturated heterocycles. The maximum absolute atomic E-state index is 12.1. The highest BCUT2D eigenvalue weighted by Crippen LogP contribution is 2.57. The highest BCUT2D eigenvalue weighted by molar-refractivity contribution is 6.28. The third kappa shape index (κ3) is 7.65. The van der Waals surface area contributed by atoms with E-state index in [0.29, 0.717) is 34.1 Å². The van der Waals surface area contributed by atoms with Crippen LogP contribution >= 0.6 is 0 Å². The molecule has 2 heteroatoms. The van der Waals surface area contributed by atoms with Gasteiger partial charge in [-0.05, 0) is 100 Å². The zero-order valence-electron chi connectivity index (χ0n) is 41.2. The second kappa shape index (κ2) is 19.2. The van der Waals surface area contributed by atoms with Crippen molar-refractivity contribution >= 4 is 33.1 Å². The van der Waals surface area contributed by atoms with Crippen LogP contribution < -0.4 is 0 Å². The molecule has 0 spiro atoms. The highest BCUT2D eigenvalue weighted by atomic mass is 16.1. The van der Waals surface area contributed by atoms with Crippen molar-refractivity contribution in [3.63, 3.8) is 0 Å². The first-order chi connectivity index (χ1) is 37.1. The van der Waals surface area contributed by atoms with Gasteiger partial charge in [-0.2, -0.15) is 0 Å². The number of hydrogen-bond acceptors (Lipinski definition) is 2. The molecule has 5 aliphatic carbocycles. The molecule has 0 atom stereocenters. The molecule has 2 nitrogen and oxygen atoms in total. The highest BCUT2D eigenvalue weighted by Gasteiger charge is 2.46. The van der Waals surface area contributed by atoms with Crippen molar-refractivity contribution in [2.45, 2.75) is 17.3 Å². The summed E-state index contributed by atoms with van der Waals surface area (Å²) in [7, 11) is 0. The van der Waals surface area contributed by atoms with E-state index in [-0.39, 0.29) is 17.0 Å². The molecule has 12 aromatic rings. The summed E-state index contributed by atoms with van der Waals surface area (Å²) in [5.41, 5.74) is 18.8. The zero-order valence-corrected chi connectivity index (χ0v) is 41.2. The fourth-order valence-corrected chi connectivity index (χ4v) is 12.4. The van der Waals surface area contributed by atoms with Gasteiger partial charge in [0, 0.05) is 34.1 Å². The number of rotatable bonds is 2. The van der Waals surface area contributed by atoms with Crippen molar-refractivity contribution in [3.05, 3.63) is 369 Å². The van der Waals surface area contributed by atoms with E-state index in [1.54, 1.807) is 48.5 Å². The lowest BCUT2D eigenvalue weighted by Crippen LogP contribution is -2.28. The Labute approximate surface area is 437 Å². The summed E-state index contributed by atoms with van der Waals surface area (Å²) in [5.74, 6) is 0.712. The number of fused-ring (bicyclic) bond motifs is 7. The third-order valence-electron chi connectivity index (χ3n) is 15.7. The smallest absolute Gasteiger partial charge is 0.194 e. The molecular weight excluding hydrogens is 909 g/mol. The molecule has 0 saturated carbocycles. The Morgan fingerprint density at radius 2 is 0.453 bits per heavy atom. The van der Waals surface area contributed by atoms with Crippen LogP contribution in [0.4, 0.5) is 0 Å². The Bertz CT molecular complexity index is 3650. The van der Waals surface area contributed by atoms with Crippen LogP contribution in [0.25, 0.3) is 32.7 Å². The van der Waals surface area contributed by atoms with E-state index in [1.165, 1.54) is 88.3 Å². The van der Waals surface area contributed by atoms with Gasteiger partial charge in [0.15, 0.2) is 11.6 Å². The van der Waals surface area contributed by atoms with Crippen molar-refractivity contribution < 1.29 is 9.59 Å². The van der Waals surface area contributed by atoms with E-state index >= 15 is 0 Å². The van der Waals surface area contributed by atoms with Gasteiger partial charge in [-0.15, -0.1) is 0 Å². The third-order valence-corrected chi connectivity index (χ3v) is 15.7. The van der Waals surface area contributed by atoms with Gasteiger partial charge in [-0.1, -0.05) is 279 Å². The summed E-state index contributed by atoms with van der Waals surface area (Å²) in [5, 5.41) is 5.25. The molecule has 2 bridgehead atoms. The summed E-state index contributed by atoms with van der Waals surface area (Å²) in [6.07, 6.45) is 0. The molecule has 17 rings (SSSR count). The average molecular weight is 959 g/mol. The van der Waals surface area contributed by atoms with Crippen LogP contribution in [0.3, 0.4) is 0 Å². The second-order valence-electron chi connectivity index (χ2n) is 19.6. The number of carbonyl (C=O) groups is 2. The normalized spacial score (nSPS) is 15.1. The quantitative estimate of drug-likeness (QED) is 0.162. The van der Waals surface area contributed by atoms with Gasteiger partial charge in [0.05, 0.1) is 5.41 Å². The second-order valence-corrected chi connectivity index (χ2v) is 19.6. The van der Waals surface area contributed by atoms with Crippen molar-refractivity contribution in [2.75, 3.05) is 0 Å². The van der Waals surface area contributed by atoms with E-state index in [1.807, 2.05) is 0 Å². The molecule has 0 fully saturated rings. The zero-order chi connectivity index (χ0) is 50.3. The first-order valence-corrected chi connectivity index (χ1v) is 25.8. The maximum atomic E-state index is 12.1. The Balaban J connectivity index is 0.0000000984. The van der Waals surface area contributed by atoms with Gasteiger partial charge in [0.25, 0.3) is 0 Å². The fraction of sp³-hybridized carbons (Fsp3) is 0.0411. The van der Waals surface area contributed by atoms with Gasteiger partial charge in [0.1, 0.15) is 0 Å². The Morgan fingerprint density at radius 3 is 0.747 bits per heavy atom.